The van der Waals surface area contributed by atoms with Gasteiger partial charge in [0.1, 0.15) is 6.04 Å². The lowest BCUT2D eigenvalue weighted by atomic mass is 9.92. The van der Waals surface area contributed by atoms with E-state index in [9.17, 15) is 4.79 Å². The molecule has 15 heavy (non-hydrogen) atoms. The maximum atomic E-state index is 10.5. The molecule has 1 aromatic heterocycles. The van der Waals surface area contributed by atoms with E-state index in [0.717, 1.165) is 11.4 Å². The van der Waals surface area contributed by atoms with Crippen LogP contribution in [0.15, 0.2) is 6.07 Å². The Morgan fingerprint density at radius 1 is 1.67 bits per heavy atom. The van der Waals surface area contributed by atoms with E-state index in [0.29, 0.717) is 0 Å². The van der Waals surface area contributed by atoms with Crippen molar-refractivity contribution >= 4 is 5.97 Å². The smallest absolute Gasteiger partial charge is 0.320 e. The maximum absolute atomic E-state index is 10.5. The van der Waals surface area contributed by atoms with Crippen molar-refractivity contribution in [3.8, 4) is 0 Å². The first kappa shape index (κ1) is 11.7. The van der Waals surface area contributed by atoms with Crippen LogP contribution in [0.25, 0.3) is 0 Å². The number of aromatic amines is 1. The molecule has 0 aliphatic carbocycles. The standard InChI is InChI=1S/C10H17N3O2/c1-10(2,3)8-5-6(12-13-8)4-7(11)9(14)15/h5,7H,4,11H2,1-3H3,(H,12,13)(H,14,15). The molecule has 0 aliphatic rings. The molecular weight excluding hydrogens is 194 g/mol. The van der Waals surface area contributed by atoms with Crippen LogP contribution in [0.2, 0.25) is 0 Å². The lowest BCUT2D eigenvalue weighted by Gasteiger charge is -2.13. The summed E-state index contributed by atoms with van der Waals surface area (Å²) in [4.78, 5) is 10.5. The fourth-order valence-corrected chi connectivity index (χ4v) is 1.17. The van der Waals surface area contributed by atoms with E-state index in [1.807, 2.05) is 26.8 Å². The molecule has 0 amide bonds. The zero-order valence-electron chi connectivity index (χ0n) is 9.24. The molecule has 5 heteroatoms. The first-order valence-electron chi connectivity index (χ1n) is 4.84. The molecule has 0 saturated heterocycles. The number of H-pyrrole nitrogens is 1. The van der Waals surface area contributed by atoms with Crippen LogP contribution in [0.1, 0.15) is 32.2 Å². The molecule has 0 radical (unpaired) electrons. The summed E-state index contributed by atoms with van der Waals surface area (Å²) in [7, 11) is 0. The molecule has 0 bridgehead atoms. The number of aromatic nitrogens is 2. The van der Waals surface area contributed by atoms with Gasteiger partial charge in [-0.15, -0.1) is 0 Å². The van der Waals surface area contributed by atoms with Crippen molar-refractivity contribution in [3.05, 3.63) is 17.5 Å². The molecule has 1 aromatic rings. The van der Waals surface area contributed by atoms with Crippen LogP contribution in [-0.2, 0) is 16.6 Å². The molecule has 0 aromatic carbocycles. The van der Waals surface area contributed by atoms with E-state index in [4.69, 9.17) is 10.8 Å². The van der Waals surface area contributed by atoms with E-state index < -0.39 is 12.0 Å². The Balaban J connectivity index is 2.73. The van der Waals surface area contributed by atoms with Crippen molar-refractivity contribution < 1.29 is 9.90 Å². The average Bonchev–Trinajstić information content (AvgIpc) is 2.51. The van der Waals surface area contributed by atoms with Gasteiger partial charge in [0.15, 0.2) is 0 Å². The highest BCUT2D eigenvalue weighted by atomic mass is 16.4. The molecule has 4 N–H and O–H groups in total. The molecule has 84 valence electrons. The van der Waals surface area contributed by atoms with Gasteiger partial charge in [0, 0.05) is 17.5 Å². The number of carboxylic acid groups (broad SMARTS) is 1. The number of nitrogens with zero attached hydrogens (tertiary/aromatic N) is 1. The largest absolute Gasteiger partial charge is 0.480 e. The Hall–Kier alpha value is -1.36. The Morgan fingerprint density at radius 2 is 2.27 bits per heavy atom. The summed E-state index contributed by atoms with van der Waals surface area (Å²) in [5.74, 6) is -0.998. The third-order valence-corrected chi connectivity index (χ3v) is 2.16. The predicted molar refractivity (Wildman–Crippen MR) is 56.6 cm³/mol. The summed E-state index contributed by atoms with van der Waals surface area (Å²) in [6, 6.07) is 0.987. The fraction of sp³-hybridized carbons (Fsp3) is 0.600. The molecule has 0 aliphatic heterocycles. The molecule has 5 nitrogen and oxygen atoms in total. The Bertz CT molecular complexity index is 352. The van der Waals surface area contributed by atoms with Gasteiger partial charge in [0.2, 0.25) is 0 Å². The molecule has 0 fully saturated rings. The lowest BCUT2D eigenvalue weighted by Crippen LogP contribution is -2.32. The summed E-state index contributed by atoms with van der Waals surface area (Å²) in [6.45, 7) is 6.14. The van der Waals surface area contributed by atoms with Gasteiger partial charge in [-0.05, 0) is 6.07 Å². The van der Waals surface area contributed by atoms with Crippen LogP contribution in [0.5, 0.6) is 0 Å². The first-order chi connectivity index (χ1) is 6.80. The molecule has 1 heterocycles. The average molecular weight is 211 g/mol. The van der Waals surface area contributed by atoms with Gasteiger partial charge < -0.3 is 10.8 Å². The SMILES string of the molecule is CC(C)(C)c1cc(CC(N)C(=O)O)[nH]n1. The third-order valence-electron chi connectivity index (χ3n) is 2.16. The monoisotopic (exact) mass is 211 g/mol. The van der Waals surface area contributed by atoms with Gasteiger partial charge in [-0.25, -0.2) is 0 Å². The van der Waals surface area contributed by atoms with Crippen LogP contribution in [-0.4, -0.2) is 27.3 Å². The van der Waals surface area contributed by atoms with Crippen molar-refractivity contribution in [1.29, 1.82) is 0 Å². The Morgan fingerprint density at radius 3 is 2.67 bits per heavy atom. The van der Waals surface area contributed by atoms with E-state index in [1.54, 1.807) is 0 Å². The van der Waals surface area contributed by atoms with Crippen molar-refractivity contribution in [2.75, 3.05) is 0 Å². The van der Waals surface area contributed by atoms with Crippen molar-refractivity contribution in [3.63, 3.8) is 0 Å². The summed E-state index contributed by atoms with van der Waals surface area (Å²) in [5.41, 5.74) is 7.05. The second-order valence-electron chi connectivity index (χ2n) is 4.68. The van der Waals surface area contributed by atoms with Gasteiger partial charge in [-0.2, -0.15) is 5.10 Å². The molecule has 1 rings (SSSR count). The number of aliphatic carboxylic acids is 1. The second kappa shape index (κ2) is 4.02. The van der Waals surface area contributed by atoms with Crippen LogP contribution in [0, 0.1) is 0 Å². The number of rotatable bonds is 3. The van der Waals surface area contributed by atoms with Crippen molar-refractivity contribution in [2.45, 2.75) is 38.6 Å². The number of carboxylic acids is 1. The maximum Gasteiger partial charge on any atom is 0.320 e. The molecule has 0 spiro atoms. The second-order valence-corrected chi connectivity index (χ2v) is 4.68. The van der Waals surface area contributed by atoms with Crippen LogP contribution < -0.4 is 5.73 Å². The molecule has 1 unspecified atom stereocenters. The van der Waals surface area contributed by atoms with Crippen LogP contribution in [0.3, 0.4) is 0 Å². The minimum absolute atomic E-state index is 0.0396. The Kier molecular flexibility index (Phi) is 3.14. The van der Waals surface area contributed by atoms with E-state index in [2.05, 4.69) is 10.2 Å². The third kappa shape index (κ3) is 3.06. The number of nitrogens with one attached hydrogen (secondary N) is 1. The lowest BCUT2D eigenvalue weighted by molar-refractivity contribution is -0.138. The van der Waals surface area contributed by atoms with E-state index >= 15 is 0 Å². The fourth-order valence-electron chi connectivity index (χ4n) is 1.17. The van der Waals surface area contributed by atoms with E-state index in [-0.39, 0.29) is 11.8 Å². The highest BCUT2D eigenvalue weighted by Gasteiger charge is 2.19. The highest BCUT2D eigenvalue weighted by molar-refractivity contribution is 5.73. The molecular formula is C10H17N3O2. The summed E-state index contributed by atoms with van der Waals surface area (Å²) >= 11 is 0. The number of hydrogen-bond donors (Lipinski definition) is 3. The van der Waals surface area contributed by atoms with Gasteiger partial charge in [0.05, 0.1) is 5.69 Å². The summed E-state index contributed by atoms with van der Waals surface area (Å²) in [5, 5.41) is 15.6. The molecule has 1 atom stereocenters. The molecule has 0 saturated carbocycles. The highest BCUT2D eigenvalue weighted by Crippen LogP contribution is 2.20. The van der Waals surface area contributed by atoms with Gasteiger partial charge in [-0.3, -0.25) is 9.89 Å². The van der Waals surface area contributed by atoms with Crippen LogP contribution >= 0.6 is 0 Å². The topological polar surface area (TPSA) is 92.0 Å². The predicted octanol–water partition coefficient (Wildman–Crippen LogP) is 0.662. The number of carbonyl (C=O) groups is 1. The van der Waals surface area contributed by atoms with E-state index in [1.165, 1.54) is 0 Å². The number of hydrogen-bond acceptors (Lipinski definition) is 3. The summed E-state index contributed by atoms with van der Waals surface area (Å²) in [6.07, 6.45) is 0.276. The van der Waals surface area contributed by atoms with Crippen molar-refractivity contribution in [1.82, 2.24) is 10.2 Å². The normalized spacial score (nSPS) is 13.9. The van der Waals surface area contributed by atoms with Gasteiger partial charge in [0.25, 0.3) is 0 Å². The van der Waals surface area contributed by atoms with Gasteiger partial charge in [-0.1, -0.05) is 20.8 Å². The summed E-state index contributed by atoms with van der Waals surface area (Å²) < 4.78 is 0. The van der Waals surface area contributed by atoms with Crippen molar-refractivity contribution in [2.24, 2.45) is 5.73 Å². The number of nitrogens with two attached hydrogens (primary N) is 1. The quantitative estimate of drug-likeness (QED) is 0.685. The zero-order valence-corrected chi connectivity index (χ0v) is 9.24. The van der Waals surface area contributed by atoms with Gasteiger partial charge >= 0.3 is 5.97 Å². The van der Waals surface area contributed by atoms with Crippen LogP contribution in [0.4, 0.5) is 0 Å². The first-order valence-corrected chi connectivity index (χ1v) is 4.84. The Labute approximate surface area is 88.7 Å². The zero-order chi connectivity index (χ0) is 11.6. The minimum Gasteiger partial charge on any atom is -0.480 e. The minimum atomic E-state index is -0.998.